The second-order valence-corrected chi connectivity index (χ2v) is 6.49. The molecule has 0 saturated carbocycles. The minimum atomic E-state index is -0.141. The second kappa shape index (κ2) is 6.55. The Bertz CT molecular complexity index is 1100. The average Bonchev–Trinajstić information content (AvgIpc) is 3.08. The SMILES string of the molecule is CC(C)c1cc(C(=O)NCc2nnc3ccccn23)c2ccccc2n1. The third-order valence-electron chi connectivity index (χ3n) is 4.36. The van der Waals surface area contributed by atoms with E-state index in [2.05, 4.69) is 34.3 Å². The molecular formula is C20H19N5O. The number of aromatic nitrogens is 4. The Morgan fingerprint density at radius 2 is 1.92 bits per heavy atom. The number of carbonyl (C=O) groups excluding carboxylic acids is 1. The van der Waals surface area contributed by atoms with Crippen LogP contribution in [-0.2, 0) is 6.54 Å². The van der Waals surface area contributed by atoms with Crippen molar-refractivity contribution in [2.75, 3.05) is 0 Å². The highest BCUT2D eigenvalue weighted by Crippen LogP contribution is 2.22. The van der Waals surface area contributed by atoms with Crippen molar-refractivity contribution in [2.45, 2.75) is 26.3 Å². The first-order chi connectivity index (χ1) is 12.6. The van der Waals surface area contributed by atoms with E-state index in [4.69, 9.17) is 0 Å². The molecule has 26 heavy (non-hydrogen) atoms. The molecule has 1 aromatic carbocycles. The average molecular weight is 345 g/mol. The minimum absolute atomic E-state index is 0.141. The van der Waals surface area contributed by atoms with Crippen LogP contribution in [0.2, 0.25) is 0 Å². The number of nitrogens with one attached hydrogen (secondary N) is 1. The predicted octanol–water partition coefficient (Wildman–Crippen LogP) is 3.33. The van der Waals surface area contributed by atoms with Crippen LogP contribution in [0.25, 0.3) is 16.6 Å². The molecule has 0 unspecified atom stereocenters. The quantitative estimate of drug-likeness (QED) is 0.616. The zero-order valence-electron chi connectivity index (χ0n) is 14.7. The van der Waals surface area contributed by atoms with E-state index in [-0.39, 0.29) is 11.8 Å². The topological polar surface area (TPSA) is 72.2 Å². The van der Waals surface area contributed by atoms with E-state index in [0.717, 1.165) is 22.2 Å². The Morgan fingerprint density at radius 3 is 2.77 bits per heavy atom. The van der Waals surface area contributed by atoms with E-state index in [0.29, 0.717) is 17.9 Å². The first-order valence-corrected chi connectivity index (χ1v) is 8.60. The van der Waals surface area contributed by atoms with Crippen molar-refractivity contribution in [2.24, 2.45) is 0 Å². The summed E-state index contributed by atoms with van der Waals surface area (Å²) in [6.07, 6.45) is 1.88. The fourth-order valence-electron chi connectivity index (χ4n) is 2.95. The molecule has 0 saturated heterocycles. The molecule has 1 N–H and O–H groups in total. The van der Waals surface area contributed by atoms with Crippen LogP contribution in [0.1, 0.15) is 41.6 Å². The molecule has 0 fully saturated rings. The smallest absolute Gasteiger partial charge is 0.252 e. The molecule has 0 aliphatic heterocycles. The van der Waals surface area contributed by atoms with Crippen molar-refractivity contribution in [3.8, 4) is 0 Å². The highest BCUT2D eigenvalue weighted by molar-refractivity contribution is 6.06. The largest absolute Gasteiger partial charge is 0.345 e. The van der Waals surface area contributed by atoms with Gasteiger partial charge in [-0.1, -0.05) is 38.1 Å². The zero-order valence-corrected chi connectivity index (χ0v) is 14.7. The number of para-hydroxylation sites is 1. The first kappa shape index (κ1) is 16.2. The van der Waals surface area contributed by atoms with Crippen LogP contribution in [0.4, 0.5) is 0 Å². The van der Waals surface area contributed by atoms with Crippen LogP contribution in [-0.4, -0.2) is 25.5 Å². The molecule has 0 aliphatic rings. The van der Waals surface area contributed by atoms with Crippen LogP contribution in [0.15, 0.2) is 54.7 Å². The van der Waals surface area contributed by atoms with Gasteiger partial charge in [0.2, 0.25) is 0 Å². The summed E-state index contributed by atoms with van der Waals surface area (Å²) in [7, 11) is 0. The Kier molecular flexibility index (Phi) is 4.08. The summed E-state index contributed by atoms with van der Waals surface area (Å²) in [4.78, 5) is 17.5. The van der Waals surface area contributed by atoms with E-state index in [1.807, 2.05) is 59.1 Å². The number of carbonyl (C=O) groups is 1. The Balaban J connectivity index is 1.65. The molecular weight excluding hydrogens is 326 g/mol. The van der Waals surface area contributed by atoms with E-state index in [1.54, 1.807) is 0 Å². The van der Waals surface area contributed by atoms with E-state index < -0.39 is 0 Å². The number of pyridine rings is 2. The third kappa shape index (κ3) is 2.90. The maximum absolute atomic E-state index is 12.9. The van der Waals surface area contributed by atoms with Gasteiger partial charge in [0.25, 0.3) is 5.91 Å². The van der Waals surface area contributed by atoms with Crippen molar-refractivity contribution < 1.29 is 4.79 Å². The summed E-state index contributed by atoms with van der Waals surface area (Å²) in [5.74, 6) is 0.793. The van der Waals surface area contributed by atoms with E-state index in [1.165, 1.54) is 0 Å². The van der Waals surface area contributed by atoms with Crippen molar-refractivity contribution >= 4 is 22.5 Å². The van der Waals surface area contributed by atoms with Crippen LogP contribution in [0.3, 0.4) is 0 Å². The van der Waals surface area contributed by atoms with E-state index >= 15 is 0 Å². The lowest BCUT2D eigenvalue weighted by atomic mass is 10.0. The van der Waals surface area contributed by atoms with Crippen molar-refractivity contribution in [3.63, 3.8) is 0 Å². The molecule has 0 atom stereocenters. The molecule has 4 rings (SSSR count). The van der Waals surface area contributed by atoms with Gasteiger partial charge in [-0.3, -0.25) is 14.2 Å². The molecule has 3 heterocycles. The summed E-state index contributed by atoms with van der Waals surface area (Å²) in [5, 5.41) is 12.1. The number of rotatable bonds is 4. The van der Waals surface area contributed by atoms with Crippen LogP contribution < -0.4 is 5.32 Å². The summed E-state index contributed by atoms with van der Waals surface area (Å²) in [6.45, 7) is 4.44. The zero-order chi connectivity index (χ0) is 18.1. The lowest BCUT2D eigenvalue weighted by Gasteiger charge is -2.11. The van der Waals surface area contributed by atoms with E-state index in [9.17, 15) is 4.79 Å². The van der Waals surface area contributed by atoms with Crippen molar-refractivity contribution in [1.82, 2.24) is 24.9 Å². The molecule has 0 aliphatic carbocycles. The van der Waals surface area contributed by atoms with Gasteiger partial charge in [0.1, 0.15) is 0 Å². The Hall–Kier alpha value is -3.28. The van der Waals surface area contributed by atoms with Gasteiger partial charge in [-0.2, -0.15) is 0 Å². The number of hydrogen-bond donors (Lipinski definition) is 1. The highest BCUT2D eigenvalue weighted by Gasteiger charge is 2.15. The van der Waals surface area contributed by atoms with Crippen LogP contribution >= 0.6 is 0 Å². The first-order valence-electron chi connectivity index (χ1n) is 8.60. The molecule has 6 heteroatoms. The lowest BCUT2D eigenvalue weighted by molar-refractivity contribution is 0.0951. The standard InChI is InChI=1S/C20H19N5O/c1-13(2)17-11-15(14-7-3-4-8-16(14)22-17)20(26)21-12-19-24-23-18-9-5-6-10-25(18)19/h3-11,13H,12H2,1-2H3,(H,21,26). The monoisotopic (exact) mass is 345 g/mol. The van der Waals surface area contributed by atoms with Gasteiger partial charge in [-0.25, -0.2) is 0 Å². The Morgan fingerprint density at radius 1 is 1.12 bits per heavy atom. The summed E-state index contributed by atoms with van der Waals surface area (Å²) >= 11 is 0. The lowest BCUT2D eigenvalue weighted by Crippen LogP contribution is -2.24. The molecule has 0 radical (unpaired) electrons. The predicted molar refractivity (Wildman–Crippen MR) is 100.0 cm³/mol. The summed E-state index contributed by atoms with van der Waals surface area (Å²) in [5.41, 5.74) is 3.12. The molecule has 1 amide bonds. The van der Waals surface area contributed by atoms with Gasteiger partial charge in [0, 0.05) is 17.3 Å². The minimum Gasteiger partial charge on any atom is -0.345 e. The number of nitrogens with zero attached hydrogens (tertiary/aromatic N) is 4. The number of benzene rings is 1. The number of hydrogen-bond acceptors (Lipinski definition) is 4. The Labute approximate surface area is 150 Å². The fraction of sp³-hybridized carbons (Fsp3) is 0.200. The van der Waals surface area contributed by atoms with Gasteiger partial charge in [-0.15, -0.1) is 10.2 Å². The molecule has 6 nitrogen and oxygen atoms in total. The van der Waals surface area contributed by atoms with Gasteiger partial charge in [-0.05, 0) is 30.2 Å². The van der Waals surface area contributed by atoms with Crippen LogP contribution in [0, 0.1) is 0 Å². The van der Waals surface area contributed by atoms with Gasteiger partial charge >= 0.3 is 0 Å². The molecule has 0 spiro atoms. The van der Waals surface area contributed by atoms with Crippen molar-refractivity contribution in [1.29, 1.82) is 0 Å². The molecule has 130 valence electrons. The molecule has 0 bridgehead atoms. The van der Waals surface area contributed by atoms with Gasteiger partial charge < -0.3 is 5.32 Å². The van der Waals surface area contributed by atoms with Gasteiger partial charge in [0.15, 0.2) is 11.5 Å². The summed E-state index contributed by atoms with van der Waals surface area (Å²) < 4.78 is 1.87. The number of fused-ring (bicyclic) bond motifs is 2. The molecule has 3 aromatic heterocycles. The number of amides is 1. The fourth-order valence-corrected chi connectivity index (χ4v) is 2.95. The van der Waals surface area contributed by atoms with Gasteiger partial charge in [0.05, 0.1) is 17.6 Å². The highest BCUT2D eigenvalue weighted by atomic mass is 16.1. The maximum atomic E-state index is 12.9. The summed E-state index contributed by atoms with van der Waals surface area (Å²) in [6, 6.07) is 15.3. The van der Waals surface area contributed by atoms with Crippen molar-refractivity contribution in [3.05, 3.63) is 71.8 Å². The normalized spacial score (nSPS) is 11.3. The third-order valence-corrected chi connectivity index (χ3v) is 4.36. The molecule has 4 aromatic rings. The second-order valence-electron chi connectivity index (χ2n) is 6.49. The van der Waals surface area contributed by atoms with Crippen LogP contribution in [0.5, 0.6) is 0 Å². The maximum Gasteiger partial charge on any atom is 0.252 e.